The van der Waals surface area contributed by atoms with Crippen LogP contribution in [0.5, 0.6) is 0 Å². The third-order valence-corrected chi connectivity index (χ3v) is 4.58. The first-order valence-electron chi connectivity index (χ1n) is 7.99. The van der Waals surface area contributed by atoms with E-state index in [9.17, 15) is 0 Å². The lowest BCUT2D eigenvalue weighted by Gasteiger charge is -2.38. The Morgan fingerprint density at radius 3 is 2.60 bits per heavy atom. The van der Waals surface area contributed by atoms with Crippen molar-refractivity contribution in [3.63, 3.8) is 0 Å². The van der Waals surface area contributed by atoms with Crippen LogP contribution in [0, 0.1) is 11.3 Å². The highest BCUT2D eigenvalue weighted by atomic mass is 16.3. The molecule has 3 nitrogen and oxygen atoms in total. The Kier molecular flexibility index (Phi) is 5.28. The lowest BCUT2D eigenvalue weighted by Crippen LogP contribution is -2.37. The fourth-order valence-electron chi connectivity index (χ4n) is 3.10. The van der Waals surface area contributed by atoms with E-state index in [-0.39, 0.29) is 0 Å². The van der Waals surface area contributed by atoms with Crippen LogP contribution in [0.25, 0.3) is 0 Å². The van der Waals surface area contributed by atoms with Crippen molar-refractivity contribution < 1.29 is 4.42 Å². The molecular formula is C17H30N2O. The van der Waals surface area contributed by atoms with E-state index >= 15 is 0 Å². The van der Waals surface area contributed by atoms with Crippen LogP contribution >= 0.6 is 0 Å². The summed E-state index contributed by atoms with van der Waals surface area (Å²) >= 11 is 0. The smallest absolute Gasteiger partial charge is 0.122 e. The summed E-state index contributed by atoms with van der Waals surface area (Å²) in [4.78, 5) is 2.57. The summed E-state index contributed by atoms with van der Waals surface area (Å²) in [5.41, 5.74) is 1.80. The molecule has 0 saturated carbocycles. The maximum atomic E-state index is 5.59. The normalized spacial score (nSPS) is 18.6. The number of furan rings is 1. The lowest BCUT2D eigenvalue weighted by atomic mass is 9.75. The molecule has 1 aromatic heterocycles. The molecule has 0 aromatic carbocycles. The van der Waals surface area contributed by atoms with Crippen molar-refractivity contribution in [2.24, 2.45) is 11.3 Å². The zero-order valence-electron chi connectivity index (χ0n) is 13.5. The lowest BCUT2D eigenvalue weighted by molar-refractivity contribution is 0.107. The van der Waals surface area contributed by atoms with Crippen molar-refractivity contribution in [1.29, 1.82) is 0 Å². The van der Waals surface area contributed by atoms with Gasteiger partial charge in [-0.15, -0.1) is 0 Å². The number of nitrogens with one attached hydrogen (secondary N) is 1. The zero-order chi connectivity index (χ0) is 14.6. The monoisotopic (exact) mass is 278 g/mol. The summed E-state index contributed by atoms with van der Waals surface area (Å²) in [5.74, 6) is 1.97. The summed E-state index contributed by atoms with van der Waals surface area (Å²) in [6, 6.07) is 2.13. The fraction of sp³-hybridized carbons (Fsp3) is 0.765. The van der Waals surface area contributed by atoms with Crippen LogP contribution in [0.1, 0.15) is 51.9 Å². The summed E-state index contributed by atoms with van der Waals surface area (Å²) in [6.07, 6.45) is 4.47. The Bertz CT molecular complexity index is 397. The van der Waals surface area contributed by atoms with Gasteiger partial charge in [-0.3, -0.25) is 4.90 Å². The predicted molar refractivity (Wildman–Crippen MR) is 83.5 cm³/mol. The van der Waals surface area contributed by atoms with Gasteiger partial charge in [0.25, 0.3) is 0 Å². The van der Waals surface area contributed by atoms with E-state index in [0.29, 0.717) is 5.41 Å². The molecule has 0 spiro atoms. The molecule has 0 amide bonds. The van der Waals surface area contributed by atoms with Crippen LogP contribution in [0.3, 0.4) is 0 Å². The molecule has 3 heteroatoms. The second-order valence-electron chi connectivity index (χ2n) is 7.07. The highest BCUT2D eigenvalue weighted by Gasteiger charge is 2.28. The van der Waals surface area contributed by atoms with Gasteiger partial charge in [-0.1, -0.05) is 27.7 Å². The first-order chi connectivity index (χ1) is 9.50. The number of hydrogen-bond acceptors (Lipinski definition) is 3. The van der Waals surface area contributed by atoms with E-state index < -0.39 is 0 Å². The van der Waals surface area contributed by atoms with Crippen LogP contribution in [-0.4, -0.2) is 24.5 Å². The molecule has 1 saturated heterocycles. The highest BCUT2D eigenvalue weighted by molar-refractivity contribution is 5.17. The maximum Gasteiger partial charge on any atom is 0.122 e. The van der Waals surface area contributed by atoms with Crippen molar-refractivity contribution in [2.45, 2.75) is 53.6 Å². The van der Waals surface area contributed by atoms with Crippen LogP contribution < -0.4 is 5.32 Å². The Balaban J connectivity index is 1.85. The number of piperidine rings is 1. The Hall–Kier alpha value is -0.800. The molecule has 1 aliphatic heterocycles. The molecule has 1 aliphatic rings. The van der Waals surface area contributed by atoms with E-state index in [1.807, 2.05) is 6.26 Å². The number of nitrogens with zero attached hydrogens (tertiary/aromatic N) is 1. The molecule has 0 aliphatic carbocycles. The molecule has 1 aromatic rings. The Labute approximate surface area is 123 Å². The van der Waals surface area contributed by atoms with E-state index in [0.717, 1.165) is 31.3 Å². The SMILES string of the molecule is CCNCc1occc1CN1CCC(C(C)(C)C)CC1. The predicted octanol–water partition coefficient (Wildman–Crippen LogP) is 3.65. The van der Waals surface area contributed by atoms with Gasteiger partial charge < -0.3 is 9.73 Å². The first-order valence-corrected chi connectivity index (χ1v) is 7.99. The molecule has 0 unspecified atom stereocenters. The van der Waals surface area contributed by atoms with Gasteiger partial charge in [0.1, 0.15) is 5.76 Å². The van der Waals surface area contributed by atoms with Gasteiger partial charge in [-0.25, -0.2) is 0 Å². The van der Waals surface area contributed by atoms with Crippen LogP contribution in [0.4, 0.5) is 0 Å². The molecule has 0 bridgehead atoms. The van der Waals surface area contributed by atoms with E-state index in [4.69, 9.17) is 4.42 Å². The molecule has 114 valence electrons. The molecule has 1 fully saturated rings. The molecule has 1 N–H and O–H groups in total. The maximum absolute atomic E-state index is 5.59. The summed E-state index contributed by atoms with van der Waals surface area (Å²) in [7, 11) is 0. The topological polar surface area (TPSA) is 28.4 Å². The second-order valence-corrected chi connectivity index (χ2v) is 7.07. The van der Waals surface area contributed by atoms with Gasteiger partial charge >= 0.3 is 0 Å². The molecule has 20 heavy (non-hydrogen) atoms. The molecule has 0 atom stereocenters. The number of likely N-dealkylation sites (tertiary alicyclic amines) is 1. The quantitative estimate of drug-likeness (QED) is 0.891. The van der Waals surface area contributed by atoms with Crippen LogP contribution in [-0.2, 0) is 13.1 Å². The third kappa shape index (κ3) is 4.10. The average molecular weight is 278 g/mol. The molecule has 2 heterocycles. The van der Waals surface area contributed by atoms with Crippen molar-refractivity contribution in [1.82, 2.24) is 10.2 Å². The largest absolute Gasteiger partial charge is 0.468 e. The molecule has 0 radical (unpaired) electrons. The van der Waals surface area contributed by atoms with E-state index in [2.05, 4.69) is 44.0 Å². The minimum Gasteiger partial charge on any atom is -0.468 e. The van der Waals surface area contributed by atoms with Crippen LogP contribution in [0.15, 0.2) is 16.7 Å². The van der Waals surface area contributed by atoms with Gasteiger partial charge in [-0.2, -0.15) is 0 Å². The fourth-order valence-corrected chi connectivity index (χ4v) is 3.10. The van der Waals surface area contributed by atoms with Crippen molar-refractivity contribution in [3.05, 3.63) is 23.7 Å². The van der Waals surface area contributed by atoms with Crippen molar-refractivity contribution in [2.75, 3.05) is 19.6 Å². The highest BCUT2D eigenvalue weighted by Crippen LogP contribution is 2.34. The summed E-state index contributed by atoms with van der Waals surface area (Å²) in [6.45, 7) is 14.5. The van der Waals surface area contributed by atoms with Crippen molar-refractivity contribution in [3.8, 4) is 0 Å². The number of hydrogen-bond donors (Lipinski definition) is 1. The Morgan fingerprint density at radius 1 is 1.30 bits per heavy atom. The van der Waals surface area contributed by atoms with E-state index in [1.54, 1.807) is 0 Å². The molecule has 2 rings (SSSR count). The standard InChI is InChI=1S/C17H30N2O/c1-5-18-12-16-14(8-11-20-16)13-19-9-6-15(7-10-19)17(2,3)4/h8,11,15,18H,5-7,9-10,12-13H2,1-4H3. The number of rotatable bonds is 5. The summed E-state index contributed by atoms with van der Waals surface area (Å²) in [5, 5.41) is 3.34. The zero-order valence-corrected chi connectivity index (χ0v) is 13.5. The average Bonchev–Trinajstić information content (AvgIpc) is 2.83. The van der Waals surface area contributed by atoms with Crippen molar-refractivity contribution >= 4 is 0 Å². The third-order valence-electron chi connectivity index (χ3n) is 4.58. The van der Waals surface area contributed by atoms with E-state index in [1.165, 1.54) is 31.5 Å². The van der Waals surface area contributed by atoms with Gasteiger partial charge in [0.2, 0.25) is 0 Å². The Morgan fingerprint density at radius 2 is 2.00 bits per heavy atom. The van der Waals surface area contributed by atoms with Gasteiger partial charge in [0, 0.05) is 12.1 Å². The molecular weight excluding hydrogens is 248 g/mol. The van der Waals surface area contributed by atoms with Gasteiger partial charge in [-0.05, 0) is 49.9 Å². The summed E-state index contributed by atoms with van der Waals surface area (Å²) < 4.78 is 5.59. The van der Waals surface area contributed by atoms with Gasteiger partial charge in [0.05, 0.1) is 12.8 Å². The second kappa shape index (κ2) is 6.77. The van der Waals surface area contributed by atoms with Crippen LogP contribution in [0.2, 0.25) is 0 Å². The minimum atomic E-state index is 0.456. The first kappa shape index (κ1) is 15.6. The minimum absolute atomic E-state index is 0.456. The van der Waals surface area contributed by atoms with Gasteiger partial charge in [0.15, 0.2) is 0 Å².